The summed E-state index contributed by atoms with van der Waals surface area (Å²) in [6, 6.07) is 12.8. The summed E-state index contributed by atoms with van der Waals surface area (Å²) in [5, 5.41) is 1.19. The molecule has 1 aromatic heterocycles. The quantitative estimate of drug-likeness (QED) is 0.634. The zero-order chi connectivity index (χ0) is 18.7. The number of methoxy groups -OCH3 is 1. The van der Waals surface area contributed by atoms with Crippen molar-refractivity contribution in [1.82, 2.24) is 9.88 Å². The largest absolute Gasteiger partial charge is 0.494 e. The minimum Gasteiger partial charge on any atom is -0.494 e. The second kappa shape index (κ2) is 8.03. The van der Waals surface area contributed by atoms with Crippen LogP contribution in [0.25, 0.3) is 10.2 Å². The fraction of sp³-hybridized carbons (Fsp3) is 0.263. The molecule has 7 heteroatoms. The van der Waals surface area contributed by atoms with Crippen molar-refractivity contribution in [3.63, 3.8) is 0 Å². The van der Waals surface area contributed by atoms with E-state index in [0.717, 1.165) is 16.8 Å². The molecule has 3 aromatic rings. The fourth-order valence-corrected chi connectivity index (χ4v) is 3.75. The number of benzene rings is 2. The Morgan fingerprint density at radius 3 is 2.65 bits per heavy atom. The number of carbonyl (C=O) groups excluding carboxylic acids is 1. The van der Waals surface area contributed by atoms with Crippen molar-refractivity contribution in [3.8, 4) is 5.75 Å². The van der Waals surface area contributed by atoms with Gasteiger partial charge >= 0.3 is 0 Å². The Kier molecular flexibility index (Phi) is 5.76. The Labute approximate surface area is 161 Å². The number of hydrogen-bond donors (Lipinski definition) is 0. The van der Waals surface area contributed by atoms with Crippen molar-refractivity contribution in [1.29, 1.82) is 0 Å². The molecular weight excluding hydrogens is 370 g/mol. The SMILES string of the molecule is COc1cccc2sc(N(CCN(C)C)C(=O)c3cccc(Cl)c3)nc12. The van der Waals surface area contributed by atoms with Gasteiger partial charge in [0.25, 0.3) is 5.91 Å². The average molecular weight is 390 g/mol. The Hall–Kier alpha value is -2.15. The first kappa shape index (κ1) is 18.6. The maximum Gasteiger partial charge on any atom is 0.260 e. The van der Waals surface area contributed by atoms with Gasteiger partial charge < -0.3 is 9.64 Å². The second-order valence-corrected chi connectivity index (χ2v) is 7.52. The molecule has 0 aliphatic rings. The van der Waals surface area contributed by atoms with Crippen LogP contribution in [0.1, 0.15) is 10.4 Å². The highest BCUT2D eigenvalue weighted by Gasteiger charge is 2.22. The van der Waals surface area contributed by atoms with Crippen molar-refractivity contribution >= 4 is 44.2 Å². The normalized spacial score (nSPS) is 11.1. The summed E-state index contributed by atoms with van der Waals surface area (Å²) in [4.78, 5) is 21.5. The molecule has 1 heterocycles. The third-order valence-corrected chi connectivity index (χ3v) is 5.19. The molecule has 1 amide bonds. The van der Waals surface area contributed by atoms with Crippen molar-refractivity contribution in [2.45, 2.75) is 0 Å². The fourth-order valence-electron chi connectivity index (χ4n) is 2.55. The molecular formula is C19H20ClN3O2S. The monoisotopic (exact) mass is 389 g/mol. The molecule has 0 radical (unpaired) electrons. The van der Waals surface area contributed by atoms with E-state index >= 15 is 0 Å². The first-order valence-corrected chi connectivity index (χ1v) is 9.34. The van der Waals surface area contributed by atoms with Crippen molar-refractivity contribution in [2.24, 2.45) is 0 Å². The molecule has 26 heavy (non-hydrogen) atoms. The van der Waals surface area contributed by atoms with Crippen LogP contribution in [0.5, 0.6) is 5.75 Å². The number of nitrogens with zero attached hydrogens (tertiary/aromatic N) is 3. The first-order chi connectivity index (χ1) is 12.5. The van der Waals surface area contributed by atoms with Gasteiger partial charge in [0.05, 0.1) is 11.8 Å². The maximum atomic E-state index is 13.1. The Morgan fingerprint density at radius 2 is 1.96 bits per heavy atom. The van der Waals surface area contributed by atoms with Crippen molar-refractivity contribution in [3.05, 3.63) is 53.1 Å². The van der Waals surface area contributed by atoms with E-state index in [-0.39, 0.29) is 5.91 Å². The number of hydrogen-bond acceptors (Lipinski definition) is 5. The van der Waals surface area contributed by atoms with E-state index in [1.54, 1.807) is 36.3 Å². The van der Waals surface area contributed by atoms with E-state index in [1.807, 2.05) is 37.2 Å². The van der Waals surface area contributed by atoms with Gasteiger partial charge in [0.2, 0.25) is 0 Å². The number of anilines is 1. The molecule has 5 nitrogen and oxygen atoms in total. The van der Waals surface area contributed by atoms with Crippen LogP contribution in [-0.2, 0) is 0 Å². The van der Waals surface area contributed by atoms with Crippen molar-refractivity contribution < 1.29 is 9.53 Å². The van der Waals surface area contributed by atoms with E-state index < -0.39 is 0 Å². The lowest BCUT2D eigenvalue weighted by atomic mass is 10.2. The Balaban J connectivity index is 2.02. The third-order valence-electron chi connectivity index (χ3n) is 3.91. The first-order valence-electron chi connectivity index (χ1n) is 8.15. The van der Waals surface area contributed by atoms with E-state index in [0.29, 0.717) is 28.0 Å². The van der Waals surface area contributed by atoms with E-state index in [2.05, 4.69) is 4.98 Å². The van der Waals surface area contributed by atoms with Gasteiger partial charge in [-0.3, -0.25) is 9.69 Å². The van der Waals surface area contributed by atoms with Crippen LogP contribution < -0.4 is 9.64 Å². The predicted octanol–water partition coefficient (Wildman–Crippen LogP) is 4.17. The van der Waals surface area contributed by atoms with Crippen molar-refractivity contribution in [2.75, 3.05) is 39.2 Å². The summed E-state index contributed by atoms with van der Waals surface area (Å²) in [7, 11) is 5.57. The molecule has 2 aromatic carbocycles. The lowest BCUT2D eigenvalue weighted by Crippen LogP contribution is -2.36. The van der Waals surface area contributed by atoms with Crippen LogP contribution in [0.3, 0.4) is 0 Å². The van der Waals surface area contributed by atoms with Crippen LogP contribution in [0, 0.1) is 0 Å². The van der Waals surface area contributed by atoms with Crippen LogP contribution >= 0.6 is 22.9 Å². The van der Waals surface area contributed by atoms with Crippen LogP contribution in [0.15, 0.2) is 42.5 Å². The smallest absolute Gasteiger partial charge is 0.260 e. The molecule has 136 valence electrons. The van der Waals surface area contributed by atoms with E-state index in [9.17, 15) is 4.79 Å². The highest BCUT2D eigenvalue weighted by molar-refractivity contribution is 7.22. The summed E-state index contributed by atoms with van der Waals surface area (Å²) in [5.74, 6) is 0.583. The van der Waals surface area contributed by atoms with Gasteiger partial charge in [-0.05, 0) is 44.4 Å². The second-order valence-electron chi connectivity index (χ2n) is 6.07. The number of amides is 1. The standard InChI is InChI=1S/C19H20ClN3O2S/c1-22(2)10-11-23(18(24)13-6-4-7-14(20)12-13)19-21-17-15(25-3)8-5-9-16(17)26-19/h4-9,12H,10-11H2,1-3H3. The minimum atomic E-state index is -0.118. The molecule has 0 N–H and O–H groups in total. The molecule has 3 rings (SSSR count). The molecule has 0 aliphatic heterocycles. The minimum absolute atomic E-state index is 0.118. The van der Waals surface area contributed by atoms with E-state index in [1.165, 1.54) is 11.3 Å². The summed E-state index contributed by atoms with van der Waals surface area (Å²) >= 11 is 7.54. The van der Waals surface area contributed by atoms with Gasteiger partial charge in [-0.2, -0.15) is 0 Å². The molecule has 0 fully saturated rings. The van der Waals surface area contributed by atoms with Gasteiger partial charge in [-0.15, -0.1) is 0 Å². The molecule has 0 spiro atoms. The van der Waals surface area contributed by atoms with Crippen LogP contribution in [0.4, 0.5) is 5.13 Å². The summed E-state index contributed by atoms with van der Waals surface area (Å²) in [6.45, 7) is 1.25. The van der Waals surface area contributed by atoms with Crippen LogP contribution in [-0.4, -0.2) is 50.1 Å². The van der Waals surface area contributed by atoms with E-state index in [4.69, 9.17) is 16.3 Å². The maximum absolute atomic E-state index is 13.1. The van der Waals surface area contributed by atoms with Gasteiger partial charge in [0, 0.05) is 23.7 Å². The number of para-hydroxylation sites is 1. The van der Waals surface area contributed by atoms with Gasteiger partial charge in [0.15, 0.2) is 5.13 Å². The highest BCUT2D eigenvalue weighted by atomic mass is 35.5. The number of fused-ring (bicyclic) bond motifs is 1. The van der Waals surface area contributed by atoms with Gasteiger partial charge in [0.1, 0.15) is 11.3 Å². The lowest BCUT2D eigenvalue weighted by molar-refractivity contribution is 0.0985. The summed E-state index contributed by atoms with van der Waals surface area (Å²) in [5.41, 5.74) is 1.31. The summed E-state index contributed by atoms with van der Waals surface area (Å²) < 4.78 is 6.37. The highest BCUT2D eigenvalue weighted by Crippen LogP contribution is 2.34. The molecule has 0 unspecified atom stereocenters. The number of rotatable bonds is 6. The van der Waals surface area contributed by atoms with Crippen LogP contribution in [0.2, 0.25) is 5.02 Å². The molecule has 0 aliphatic carbocycles. The molecule has 0 saturated heterocycles. The molecule has 0 saturated carbocycles. The van der Waals surface area contributed by atoms with Gasteiger partial charge in [-0.1, -0.05) is 35.1 Å². The number of likely N-dealkylation sites (N-methyl/N-ethyl adjacent to an activating group) is 1. The lowest BCUT2D eigenvalue weighted by Gasteiger charge is -2.22. The number of carbonyl (C=O) groups is 1. The summed E-state index contributed by atoms with van der Waals surface area (Å²) in [6.07, 6.45) is 0. The average Bonchev–Trinajstić information content (AvgIpc) is 3.05. The van der Waals surface area contributed by atoms with Gasteiger partial charge in [-0.25, -0.2) is 4.98 Å². The Bertz CT molecular complexity index is 926. The number of thiazole rings is 1. The number of aromatic nitrogens is 1. The third kappa shape index (κ3) is 3.98. The Morgan fingerprint density at radius 1 is 1.19 bits per heavy atom. The topological polar surface area (TPSA) is 45.7 Å². The zero-order valence-electron chi connectivity index (χ0n) is 14.9. The molecule has 0 atom stereocenters. The predicted molar refractivity (Wildman–Crippen MR) is 108 cm³/mol. The zero-order valence-corrected chi connectivity index (χ0v) is 16.5. The number of ether oxygens (including phenoxy) is 1. The number of halogens is 1. The molecule has 0 bridgehead atoms.